The van der Waals surface area contributed by atoms with Crippen LogP contribution in [0.5, 0.6) is 11.5 Å². The molecular weight excluding hydrogens is 470 g/mol. The Kier molecular flexibility index (Phi) is 8.63. The number of aliphatic hydroxyl groups is 1. The van der Waals surface area contributed by atoms with Gasteiger partial charge in [0.25, 0.3) is 5.91 Å². The van der Waals surface area contributed by atoms with Crippen LogP contribution in [-0.4, -0.2) is 81.5 Å². The third-order valence-corrected chi connectivity index (χ3v) is 6.68. The molecule has 0 fully saturated rings. The summed E-state index contributed by atoms with van der Waals surface area (Å²) >= 11 is 0. The van der Waals surface area contributed by atoms with Crippen molar-refractivity contribution in [2.45, 2.75) is 32.5 Å². The van der Waals surface area contributed by atoms with Gasteiger partial charge < -0.3 is 19.5 Å². The van der Waals surface area contributed by atoms with Gasteiger partial charge >= 0.3 is 0 Å². The number of nitrogens with one attached hydrogen (secondary N) is 1. The number of hydrogen-bond donors (Lipinski definition) is 2. The van der Waals surface area contributed by atoms with Crippen LogP contribution < -0.4 is 14.2 Å². The minimum atomic E-state index is -3.60. The number of hydrogen-bond acceptors (Lipinski definition) is 7. The number of likely N-dealkylation sites (N-methyl/N-ethyl adjacent to an activating group) is 1. The van der Waals surface area contributed by atoms with Gasteiger partial charge in [-0.15, -0.1) is 0 Å². The molecule has 0 bridgehead atoms. The molecule has 0 unspecified atom stereocenters. The van der Waals surface area contributed by atoms with Gasteiger partial charge in [0.05, 0.1) is 37.3 Å². The molecule has 1 aliphatic rings. The van der Waals surface area contributed by atoms with Crippen LogP contribution in [0.4, 0.5) is 5.69 Å². The van der Waals surface area contributed by atoms with E-state index in [0.717, 1.165) is 17.6 Å². The lowest BCUT2D eigenvalue weighted by Crippen LogP contribution is -2.49. The summed E-state index contributed by atoms with van der Waals surface area (Å²) in [5.74, 6) is 0.590. The zero-order valence-electron chi connectivity index (χ0n) is 20.9. The van der Waals surface area contributed by atoms with E-state index in [1.165, 1.54) is 0 Å². The van der Waals surface area contributed by atoms with E-state index < -0.39 is 16.1 Å². The average molecular weight is 506 g/mol. The van der Waals surface area contributed by atoms with Crippen LogP contribution in [0.2, 0.25) is 0 Å². The summed E-state index contributed by atoms with van der Waals surface area (Å²) in [7, 11) is 0.0161. The molecule has 35 heavy (non-hydrogen) atoms. The Bertz CT molecular complexity index is 1120. The first-order valence-corrected chi connectivity index (χ1v) is 13.4. The molecule has 0 aromatic heterocycles. The quantitative estimate of drug-likeness (QED) is 0.539. The standard InChI is InChI=1S/C25H35N3O6S/c1-17-13-28(18(2)16-29)25(30)21-7-6-8-22(26-35(5,31)32)24(21)34-23(17)15-27(3)14-19-9-11-20(33-4)12-10-19/h6-12,17-18,23,26,29H,13-16H2,1-5H3/t17-,18+,23-/m1/s1. The van der Waals surface area contributed by atoms with Gasteiger partial charge in [0.1, 0.15) is 11.9 Å². The number of carbonyl (C=O) groups is 1. The van der Waals surface area contributed by atoms with Crippen molar-refractivity contribution in [3.63, 3.8) is 0 Å². The summed E-state index contributed by atoms with van der Waals surface area (Å²) in [4.78, 5) is 17.2. The maximum Gasteiger partial charge on any atom is 0.258 e. The first kappa shape index (κ1) is 26.8. The fraction of sp³-hybridized carbons (Fsp3) is 0.480. The second-order valence-electron chi connectivity index (χ2n) is 9.22. The first-order valence-electron chi connectivity index (χ1n) is 11.5. The fourth-order valence-corrected chi connectivity index (χ4v) is 4.72. The monoisotopic (exact) mass is 505 g/mol. The van der Waals surface area contributed by atoms with Crippen LogP contribution >= 0.6 is 0 Å². The Hall–Kier alpha value is -2.82. The molecule has 1 amide bonds. The van der Waals surface area contributed by atoms with E-state index in [9.17, 15) is 18.3 Å². The Morgan fingerprint density at radius 1 is 1.26 bits per heavy atom. The van der Waals surface area contributed by atoms with Gasteiger partial charge in [-0.25, -0.2) is 8.42 Å². The molecule has 1 heterocycles. The lowest BCUT2D eigenvalue weighted by Gasteiger charge is -2.38. The number of fused-ring (bicyclic) bond motifs is 1. The number of ether oxygens (including phenoxy) is 2. The Labute approximate surface area is 207 Å². The summed E-state index contributed by atoms with van der Waals surface area (Å²) in [6.07, 6.45) is 0.709. The highest BCUT2D eigenvalue weighted by Crippen LogP contribution is 2.35. The molecule has 0 saturated carbocycles. The van der Waals surface area contributed by atoms with E-state index in [4.69, 9.17) is 9.47 Å². The summed E-state index contributed by atoms with van der Waals surface area (Å²) in [5, 5.41) is 9.79. The zero-order valence-corrected chi connectivity index (χ0v) is 21.7. The number of nitrogens with zero attached hydrogens (tertiary/aromatic N) is 2. The summed E-state index contributed by atoms with van der Waals surface area (Å²) in [5.41, 5.74) is 1.58. The predicted octanol–water partition coefficient (Wildman–Crippen LogP) is 2.42. The van der Waals surface area contributed by atoms with Gasteiger partial charge in [-0.2, -0.15) is 0 Å². The number of sulfonamides is 1. The van der Waals surface area contributed by atoms with Crippen molar-refractivity contribution >= 4 is 21.6 Å². The van der Waals surface area contributed by atoms with Gasteiger partial charge in [-0.3, -0.25) is 14.4 Å². The number of methoxy groups -OCH3 is 1. The molecule has 0 aliphatic carbocycles. The second kappa shape index (κ2) is 11.3. The largest absolute Gasteiger partial charge is 0.497 e. The molecule has 192 valence electrons. The molecule has 10 heteroatoms. The molecular formula is C25H35N3O6S. The third kappa shape index (κ3) is 6.87. The van der Waals surface area contributed by atoms with Crippen LogP contribution in [0, 0.1) is 5.92 Å². The highest BCUT2D eigenvalue weighted by molar-refractivity contribution is 7.92. The van der Waals surface area contributed by atoms with Crippen LogP contribution in [0.3, 0.4) is 0 Å². The van der Waals surface area contributed by atoms with Crippen molar-refractivity contribution in [2.24, 2.45) is 5.92 Å². The molecule has 2 aromatic carbocycles. The van der Waals surface area contributed by atoms with Crippen molar-refractivity contribution in [3.8, 4) is 11.5 Å². The Morgan fingerprint density at radius 2 is 1.94 bits per heavy atom. The number of carbonyl (C=O) groups excluding carboxylic acids is 1. The number of benzene rings is 2. The van der Waals surface area contributed by atoms with Gasteiger partial charge in [0.15, 0.2) is 5.75 Å². The second-order valence-corrected chi connectivity index (χ2v) is 11.0. The van der Waals surface area contributed by atoms with Crippen molar-refractivity contribution in [3.05, 3.63) is 53.6 Å². The number of para-hydroxylation sites is 1. The van der Waals surface area contributed by atoms with Gasteiger partial charge in [0, 0.05) is 25.6 Å². The lowest BCUT2D eigenvalue weighted by atomic mass is 9.99. The summed E-state index contributed by atoms with van der Waals surface area (Å²) in [6, 6.07) is 12.3. The smallest absolute Gasteiger partial charge is 0.258 e. The summed E-state index contributed by atoms with van der Waals surface area (Å²) in [6.45, 7) is 5.20. The Balaban J connectivity index is 1.94. The van der Waals surface area contributed by atoms with E-state index >= 15 is 0 Å². The maximum atomic E-state index is 13.4. The third-order valence-electron chi connectivity index (χ3n) is 6.09. The van der Waals surface area contributed by atoms with Crippen molar-refractivity contribution in [1.29, 1.82) is 0 Å². The predicted molar refractivity (Wildman–Crippen MR) is 135 cm³/mol. The molecule has 1 aliphatic heterocycles. The number of rotatable bonds is 9. The molecule has 0 saturated heterocycles. The topological polar surface area (TPSA) is 108 Å². The van der Waals surface area contributed by atoms with Crippen molar-refractivity contribution < 1.29 is 27.8 Å². The zero-order chi connectivity index (χ0) is 25.8. The number of aliphatic hydroxyl groups excluding tert-OH is 1. The van der Waals surface area contributed by atoms with Gasteiger partial charge in [0.2, 0.25) is 10.0 Å². The van der Waals surface area contributed by atoms with Gasteiger partial charge in [-0.1, -0.05) is 25.1 Å². The van der Waals surface area contributed by atoms with E-state index in [0.29, 0.717) is 19.6 Å². The minimum Gasteiger partial charge on any atom is -0.497 e. The molecule has 0 radical (unpaired) electrons. The van der Waals surface area contributed by atoms with Crippen LogP contribution in [0.25, 0.3) is 0 Å². The molecule has 2 N–H and O–H groups in total. The maximum absolute atomic E-state index is 13.4. The van der Waals surface area contributed by atoms with E-state index in [1.807, 2.05) is 38.2 Å². The minimum absolute atomic E-state index is 0.0919. The molecule has 9 nitrogen and oxygen atoms in total. The van der Waals surface area contributed by atoms with E-state index in [1.54, 1.807) is 37.1 Å². The van der Waals surface area contributed by atoms with Gasteiger partial charge in [-0.05, 0) is 43.8 Å². The SMILES string of the molecule is COc1ccc(CN(C)C[C@H]2Oc3c(NS(C)(=O)=O)cccc3C(=O)N([C@@H](C)CO)C[C@H]2C)cc1. The first-order chi connectivity index (χ1) is 16.5. The average Bonchev–Trinajstić information content (AvgIpc) is 2.80. The van der Waals surface area contributed by atoms with E-state index in [-0.39, 0.29) is 41.5 Å². The van der Waals surface area contributed by atoms with Crippen molar-refractivity contribution in [1.82, 2.24) is 9.80 Å². The highest BCUT2D eigenvalue weighted by atomic mass is 32.2. The van der Waals surface area contributed by atoms with Crippen LogP contribution in [0.15, 0.2) is 42.5 Å². The lowest BCUT2D eigenvalue weighted by molar-refractivity contribution is 0.0344. The molecule has 3 atom stereocenters. The number of anilines is 1. The normalized spacial score (nSPS) is 19.4. The highest BCUT2D eigenvalue weighted by Gasteiger charge is 2.34. The van der Waals surface area contributed by atoms with Crippen molar-refractivity contribution in [2.75, 3.05) is 44.8 Å². The summed E-state index contributed by atoms with van der Waals surface area (Å²) < 4.78 is 38.1. The molecule has 3 rings (SSSR count). The molecule has 2 aromatic rings. The fourth-order valence-electron chi connectivity index (χ4n) is 4.16. The van der Waals surface area contributed by atoms with E-state index in [2.05, 4.69) is 9.62 Å². The number of amides is 1. The van der Waals surface area contributed by atoms with Crippen LogP contribution in [0.1, 0.15) is 29.8 Å². The van der Waals surface area contributed by atoms with Crippen LogP contribution in [-0.2, 0) is 16.6 Å². The Morgan fingerprint density at radius 3 is 2.54 bits per heavy atom. The molecule has 0 spiro atoms.